The third-order valence-electron chi connectivity index (χ3n) is 3.48. The Balaban J connectivity index is 2.01. The number of anilines is 1. The van der Waals surface area contributed by atoms with Gasteiger partial charge >= 0.3 is 7.37 Å². The molecule has 0 bridgehead atoms. The lowest BCUT2D eigenvalue weighted by Gasteiger charge is -2.23. The lowest BCUT2D eigenvalue weighted by atomic mass is 10.3. The lowest BCUT2D eigenvalue weighted by Crippen LogP contribution is -2.20. The van der Waals surface area contributed by atoms with Crippen LogP contribution in [0.2, 0.25) is 0 Å². The van der Waals surface area contributed by atoms with E-state index in [1.54, 1.807) is 48.5 Å². The predicted molar refractivity (Wildman–Crippen MR) is 94.5 cm³/mol. The average Bonchev–Trinajstić information content (AvgIpc) is 2.63. The van der Waals surface area contributed by atoms with E-state index >= 15 is 0 Å². The minimum atomic E-state index is -3.34. The van der Waals surface area contributed by atoms with Crippen LogP contribution in [0.1, 0.15) is 0 Å². The zero-order valence-corrected chi connectivity index (χ0v) is 13.5. The Kier molecular flexibility index (Phi) is 4.67. The monoisotopic (exact) mass is 340 g/mol. The fourth-order valence-electron chi connectivity index (χ4n) is 2.29. The molecule has 0 aliphatic rings. The Morgan fingerprint density at radius 1 is 0.792 bits per heavy atom. The van der Waals surface area contributed by atoms with Crippen molar-refractivity contribution in [2.75, 3.05) is 5.23 Å². The van der Waals surface area contributed by atoms with Crippen LogP contribution in [0.25, 0.3) is 0 Å². The van der Waals surface area contributed by atoms with Gasteiger partial charge in [0.05, 0.1) is 16.3 Å². The van der Waals surface area contributed by atoms with Crippen LogP contribution in [0.4, 0.5) is 5.69 Å². The lowest BCUT2D eigenvalue weighted by molar-refractivity contribution is 0.296. The summed E-state index contributed by atoms with van der Waals surface area (Å²) in [4.78, 5) is 0. The van der Waals surface area contributed by atoms with Gasteiger partial charge in [-0.25, -0.2) is 0 Å². The second kappa shape index (κ2) is 6.89. The minimum Gasteiger partial charge on any atom is -0.733 e. The molecule has 0 saturated carbocycles. The van der Waals surface area contributed by atoms with Gasteiger partial charge in [-0.2, -0.15) is 0 Å². The molecule has 0 aliphatic heterocycles. The Bertz CT molecular complexity index is 792. The van der Waals surface area contributed by atoms with Crippen molar-refractivity contribution in [1.82, 2.24) is 0 Å². The van der Waals surface area contributed by atoms with E-state index in [1.807, 2.05) is 12.1 Å². The molecule has 3 aromatic carbocycles. The third kappa shape index (κ3) is 3.34. The predicted octanol–water partition coefficient (Wildman–Crippen LogP) is 3.69. The van der Waals surface area contributed by atoms with E-state index in [0.29, 0.717) is 16.4 Å². The molecule has 0 radical (unpaired) electrons. The molecular formula is C18H15NO4P-. The maximum Gasteiger partial charge on any atom is 0.306 e. The van der Waals surface area contributed by atoms with Crippen LogP contribution >= 0.6 is 7.37 Å². The van der Waals surface area contributed by atoms with E-state index in [2.05, 4.69) is 0 Å². The van der Waals surface area contributed by atoms with Crippen molar-refractivity contribution in [2.45, 2.75) is 0 Å². The first-order valence-electron chi connectivity index (χ1n) is 7.27. The third-order valence-corrected chi connectivity index (χ3v) is 5.91. The Morgan fingerprint density at radius 2 is 1.25 bits per heavy atom. The average molecular weight is 340 g/mol. The van der Waals surface area contributed by atoms with Crippen LogP contribution in [-0.4, -0.2) is 5.21 Å². The van der Waals surface area contributed by atoms with E-state index in [1.165, 1.54) is 24.3 Å². The summed E-state index contributed by atoms with van der Waals surface area (Å²) >= 11 is 0. The van der Waals surface area contributed by atoms with Gasteiger partial charge in [-0.1, -0.05) is 36.4 Å². The fraction of sp³-hybridized carbons (Fsp3) is 0. The van der Waals surface area contributed by atoms with Gasteiger partial charge in [0.1, 0.15) is 5.75 Å². The molecule has 5 nitrogen and oxygen atoms in total. The van der Waals surface area contributed by atoms with Crippen molar-refractivity contribution < 1.29 is 14.3 Å². The molecule has 24 heavy (non-hydrogen) atoms. The van der Waals surface area contributed by atoms with Crippen LogP contribution < -0.4 is 20.4 Å². The standard InChI is InChI=1S/C18H15NO4P/c20-19(21)15-11-13-16(14-12-15)23-24(22,17-7-3-1-4-8-17)18-9-5-2-6-10-18/h1-14,20H/q-1. The summed E-state index contributed by atoms with van der Waals surface area (Å²) in [6, 6.07) is 23.7. The topological polar surface area (TPSA) is 72.8 Å². The van der Waals surface area contributed by atoms with Crippen LogP contribution in [0.3, 0.4) is 0 Å². The summed E-state index contributed by atoms with van der Waals surface area (Å²) in [5, 5.41) is 20.7. The molecular weight excluding hydrogens is 325 g/mol. The molecule has 0 spiro atoms. The number of rotatable bonds is 5. The SMILES string of the molecule is O=P(Oc1ccc(N([O-])O)cc1)(c1ccccc1)c1ccccc1. The first-order chi connectivity index (χ1) is 11.6. The number of benzene rings is 3. The van der Waals surface area contributed by atoms with Crippen LogP contribution in [-0.2, 0) is 4.57 Å². The molecule has 0 unspecified atom stereocenters. The molecule has 1 N–H and O–H groups in total. The van der Waals surface area contributed by atoms with E-state index in [-0.39, 0.29) is 10.9 Å². The minimum absolute atomic E-state index is 0.0663. The molecule has 0 amide bonds. The highest BCUT2D eigenvalue weighted by Crippen LogP contribution is 2.45. The molecule has 0 aromatic heterocycles. The highest BCUT2D eigenvalue weighted by Gasteiger charge is 2.29. The van der Waals surface area contributed by atoms with Gasteiger partial charge in [-0.05, 0) is 48.5 Å². The maximum atomic E-state index is 13.7. The van der Waals surface area contributed by atoms with Crippen molar-refractivity contribution in [3.05, 3.63) is 90.1 Å². The largest absolute Gasteiger partial charge is 0.733 e. The number of hydrogen-bond donors (Lipinski definition) is 1. The van der Waals surface area contributed by atoms with Crippen molar-refractivity contribution in [2.24, 2.45) is 0 Å². The highest BCUT2D eigenvalue weighted by molar-refractivity contribution is 7.74. The molecule has 0 atom stereocenters. The first-order valence-corrected chi connectivity index (χ1v) is 8.89. The van der Waals surface area contributed by atoms with Gasteiger partial charge in [0, 0.05) is 0 Å². The summed E-state index contributed by atoms with van der Waals surface area (Å²) < 4.78 is 19.5. The molecule has 3 aromatic rings. The highest BCUT2D eigenvalue weighted by atomic mass is 31.2. The van der Waals surface area contributed by atoms with E-state index in [4.69, 9.17) is 9.73 Å². The maximum absolute atomic E-state index is 13.7. The first kappa shape index (κ1) is 16.3. The van der Waals surface area contributed by atoms with Crippen molar-refractivity contribution in [3.63, 3.8) is 0 Å². The molecule has 3 rings (SSSR count). The summed E-state index contributed by atoms with van der Waals surface area (Å²) in [5.74, 6) is 0.344. The van der Waals surface area contributed by atoms with Gasteiger partial charge in [-0.3, -0.25) is 9.77 Å². The smallest absolute Gasteiger partial charge is 0.306 e. The molecule has 6 heteroatoms. The quantitative estimate of drug-likeness (QED) is 0.566. The van der Waals surface area contributed by atoms with Crippen molar-refractivity contribution in [1.29, 1.82) is 0 Å². The summed E-state index contributed by atoms with van der Waals surface area (Å²) in [6.07, 6.45) is 0. The van der Waals surface area contributed by atoms with Crippen LogP contribution in [0.5, 0.6) is 5.75 Å². The summed E-state index contributed by atoms with van der Waals surface area (Å²) in [6.45, 7) is 0. The normalized spacial score (nSPS) is 11.1. The Labute approximate surface area is 139 Å². The Morgan fingerprint density at radius 3 is 1.67 bits per heavy atom. The molecule has 0 fully saturated rings. The Hall–Kier alpha value is -2.59. The number of hydrogen-bond acceptors (Lipinski definition) is 5. The van der Waals surface area contributed by atoms with Crippen molar-refractivity contribution in [3.8, 4) is 5.75 Å². The second-order valence-corrected chi connectivity index (χ2v) is 7.40. The molecule has 0 aliphatic carbocycles. The van der Waals surface area contributed by atoms with Gasteiger partial charge < -0.3 is 15.0 Å². The second-order valence-electron chi connectivity index (χ2n) is 5.08. The number of nitrogens with zero attached hydrogens (tertiary/aromatic N) is 1. The molecule has 0 saturated heterocycles. The molecule has 122 valence electrons. The molecule has 0 heterocycles. The summed E-state index contributed by atoms with van der Waals surface area (Å²) in [7, 11) is -3.34. The van der Waals surface area contributed by atoms with Crippen LogP contribution in [0.15, 0.2) is 84.9 Å². The van der Waals surface area contributed by atoms with Gasteiger partial charge in [0.15, 0.2) is 0 Å². The van der Waals surface area contributed by atoms with E-state index < -0.39 is 7.37 Å². The van der Waals surface area contributed by atoms with Gasteiger partial charge in [-0.15, -0.1) is 0 Å². The zero-order chi connectivity index (χ0) is 17.0. The van der Waals surface area contributed by atoms with Gasteiger partial charge in [0.25, 0.3) is 0 Å². The summed E-state index contributed by atoms with van der Waals surface area (Å²) in [5.41, 5.74) is 0.0663. The zero-order valence-electron chi connectivity index (χ0n) is 12.6. The van der Waals surface area contributed by atoms with Gasteiger partial charge in [0.2, 0.25) is 0 Å². The fourth-order valence-corrected chi connectivity index (χ4v) is 4.34. The van der Waals surface area contributed by atoms with Crippen LogP contribution in [0, 0.1) is 5.21 Å². The van der Waals surface area contributed by atoms with E-state index in [9.17, 15) is 9.77 Å². The van der Waals surface area contributed by atoms with Crippen molar-refractivity contribution >= 4 is 23.7 Å². The van der Waals surface area contributed by atoms with E-state index in [0.717, 1.165) is 0 Å².